The number of hydrogen-bond donors (Lipinski definition) is 3. The van der Waals surface area contributed by atoms with E-state index in [-0.39, 0.29) is 19.2 Å². The molecule has 12 heteroatoms. The molecule has 0 saturated carbocycles. The molecule has 0 radical (unpaired) electrons. The van der Waals surface area contributed by atoms with Crippen molar-refractivity contribution in [1.29, 1.82) is 0 Å². The zero-order chi connectivity index (χ0) is 24.1. The maximum Gasteiger partial charge on any atom is 0.471 e. The van der Waals surface area contributed by atoms with Gasteiger partial charge in [-0.1, -0.05) is 29.4 Å². The summed E-state index contributed by atoms with van der Waals surface area (Å²) < 4.78 is 39.5. The lowest BCUT2D eigenvalue weighted by Crippen LogP contribution is -2.41. The highest BCUT2D eigenvalue weighted by molar-refractivity contribution is 7.46. The van der Waals surface area contributed by atoms with Gasteiger partial charge >= 0.3 is 7.82 Å². The largest absolute Gasteiger partial charge is 0.473 e. The zero-order valence-corrected chi connectivity index (χ0v) is 18.7. The van der Waals surface area contributed by atoms with Gasteiger partial charge in [0.2, 0.25) is 5.88 Å². The molecule has 0 amide bonds. The number of aromatic nitrogens is 2. The van der Waals surface area contributed by atoms with E-state index < -0.39 is 14.0 Å². The van der Waals surface area contributed by atoms with Crippen LogP contribution >= 0.6 is 7.82 Å². The van der Waals surface area contributed by atoms with E-state index in [0.29, 0.717) is 29.3 Å². The highest BCUT2D eigenvalue weighted by atomic mass is 31.2. The van der Waals surface area contributed by atoms with Crippen LogP contribution in [0.1, 0.15) is 22.6 Å². The van der Waals surface area contributed by atoms with Crippen LogP contribution in [-0.4, -0.2) is 37.7 Å². The number of halogens is 1. The van der Waals surface area contributed by atoms with Crippen molar-refractivity contribution in [1.82, 2.24) is 15.0 Å². The van der Waals surface area contributed by atoms with Gasteiger partial charge in [0.1, 0.15) is 25.3 Å². The number of nitrogens with zero attached hydrogens (tertiary/aromatic N) is 3. The number of phosphoric acid groups is 1. The number of phosphoric ester groups is 1. The van der Waals surface area contributed by atoms with Gasteiger partial charge in [0.25, 0.3) is 0 Å². The Morgan fingerprint density at radius 3 is 2.65 bits per heavy atom. The standard InChI is InChI=1S/C22H22FN4O6P/c23-17-6-3-15(4-7-17)13-31-21-8-5-16(12-25-21)10-18-11-20(33-26-18)19-2-1-9-27(22(19)24)14-32-34(28,29)30/h1-9,11-12,22H,10,13-14,24H2,(H2,28,29,30). The summed E-state index contributed by atoms with van der Waals surface area (Å²) in [6.07, 6.45) is 6.35. The van der Waals surface area contributed by atoms with Crippen molar-refractivity contribution >= 4 is 13.4 Å². The topological polar surface area (TPSA) is 144 Å². The second-order valence-electron chi connectivity index (χ2n) is 7.45. The Kier molecular flexibility index (Phi) is 7.20. The molecule has 0 aliphatic carbocycles. The van der Waals surface area contributed by atoms with E-state index in [1.807, 2.05) is 6.07 Å². The summed E-state index contributed by atoms with van der Waals surface area (Å²) in [4.78, 5) is 23.5. The number of benzene rings is 1. The zero-order valence-electron chi connectivity index (χ0n) is 17.8. The van der Waals surface area contributed by atoms with E-state index in [0.717, 1.165) is 11.1 Å². The van der Waals surface area contributed by atoms with Crippen molar-refractivity contribution in [3.05, 3.63) is 95.4 Å². The lowest BCUT2D eigenvalue weighted by molar-refractivity contribution is 0.110. The highest BCUT2D eigenvalue weighted by Gasteiger charge is 2.25. The molecule has 3 aromatic rings. The first kappa shape index (κ1) is 23.8. The first-order chi connectivity index (χ1) is 16.3. The summed E-state index contributed by atoms with van der Waals surface area (Å²) in [5.74, 6) is 0.573. The number of rotatable bonds is 9. The molecule has 1 aliphatic heterocycles. The van der Waals surface area contributed by atoms with Gasteiger partial charge < -0.3 is 29.7 Å². The molecule has 4 N–H and O–H groups in total. The van der Waals surface area contributed by atoms with E-state index in [9.17, 15) is 8.96 Å². The molecule has 10 nitrogen and oxygen atoms in total. The summed E-state index contributed by atoms with van der Waals surface area (Å²) >= 11 is 0. The third-order valence-electron chi connectivity index (χ3n) is 4.93. The average Bonchev–Trinajstić information content (AvgIpc) is 3.26. The van der Waals surface area contributed by atoms with Crippen LogP contribution in [-0.2, 0) is 22.1 Å². The summed E-state index contributed by atoms with van der Waals surface area (Å²) in [7, 11) is -4.63. The Morgan fingerprint density at radius 1 is 1.18 bits per heavy atom. The van der Waals surface area contributed by atoms with Crippen LogP contribution in [0.15, 0.2) is 71.5 Å². The molecule has 0 fully saturated rings. The lowest BCUT2D eigenvalue weighted by Gasteiger charge is -2.30. The number of hydrogen-bond acceptors (Lipinski definition) is 8. The third-order valence-corrected chi connectivity index (χ3v) is 5.38. The fourth-order valence-corrected chi connectivity index (χ4v) is 3.48. The number of pyridine rings is 1. The Bertz CT molecular complexity index is 1220. The van der Waals surface area contributed by atoms with Crippen molar-refractivity contribution in [2.24, 2.45) is 5.73 Å². The molecular weight excluding hydrogens is 466 g/mol. The average molecular weight is 488 g/mol. The van der Waals surface area contributed by atoms with E-state index in [4.69, 9.17) is 24.8 Å². The predicted octanol–water partition coefficient (Wildman–Crippen LogP) is 2.94. The van der Waals surface area contributed by atoms with Gasteiger partial charge in [0, 0.05) is 36.5 Å². The minimum atomic E-state index is -4.63. The summed E-state index contributed by atoms with van der Waals surface area (Å²) in [5, 5.41) is 4.08. The maximum absolute atomic E-state index is 13.0. The number of allylic oxidation sites excluding steroid dienone is 2. The molecule has 178 valence electrons. The van der Waals surface area contributed by atoms with Gasteiger partial charge in [-0.25, -0.2) is 13.9 Å². The second-order valence-corrected chi connectivity index (χ2v) is 8.69. The summed E-state index contributed by atoms with van der Waals surface area (Å²) in [5.41, 5.74) is 9.13. The fourth-order valence-electron chi connectivity index (χ4n) is 3.20. The Labute approximate surface area is 194 Å². The Balaban J connectivity index is 1.34. The molecule has 4 rings (SSSR count). The molecule has 0 spiro atoms. The molecule has 34 heavy (non-hydrogen) atoms. The molecule has 3 heterocycles. The van der Waals surface area contributed by atoms with Gasteiger partial charge in [-0.2, -0.15) is 0 Å². The molecule has 1 unspecified atom stereocenters. The SMILES string of the molecule is NC1C(c2cc(Cc3ccc(OCc4ccc(F)cc4)nc3)no2)=CC=CN1COP(=O)(O)O. The Morgan fingerprint density at radius 2 is 1.94 bits per heavy atom. The monoisotopic (exact) mass is 488 g/mol. The van der Waals surface area contributed by atoms with Crippen LogP contribution < -0.4 is 10.5 Å². The Hall–Kier alpha value is -3.34. The van der Waals surface area contributed by atoms with Gasteiger partial charge in [-0.15, -0.1) is 0 Å². The molecule has 1 aliphatic rings. The van der Waals surface area contributed by atoms with Crippen LogP contribution in [0.25, 0.3) is 5.57 Å². The normalized spacial score (nSPS) is 15.9. The van der Waals surface area contributed by atoms with Crippen LogP contribution in [0.2, 0.25) is 0 Å². The summed E-state index contributed by atoms with van der Waals surface area (Å²) in [6.45, 7) is -0.110. The highest BCUT2D eigenvalue weighted by Crippen LogP contribution is 2.36. The van der Waals surface area contributed by atoms with Gasteiger partial charge in [-0.05, 0) is 29.3 Å². The van der Waals surface area contributed by atoms with Crippen molar-refractivity contribution in [2.45, 2.75) is 19.2 Å². The third kappa shape index (κ3) is 6.37. The van der Waals surface area contributed by atoms with Crippen molar-refractivity contribution in [2.75, 3.05) is 6.73 Å². The number of nitrogens with two attached hydrogens (primary N) is 1. The van der Waals surface area contributed by atoms with E-state index in [1.165, 1.54) is 17.0 Å². The molecule has 0 bridgehead atoms. The summed E-state index contributed by atoms with van der Waals surface area (Å²) in [6, 6.07) is 11.4. The van der Waals surface area contributed by atoms with Crippen LogP contribution in [0.4, 0.5) is 4.39 Å². The minimum Gasteiger partial charge on any atom is -0.473 e. The molecule has 1 aromatic carbocycles. The van der Waals surface area contributed by atoms with Gasteiger partial charge in [-0.3, -0.25) is 4.52 Å². The van der Waals surface area contributed by atoms with E-state index in [1.54, 1.807) is 48.8 Å². The van der Waals surface area contributed by atoms with Crippen molar-refractivity contribution in [3.8, 4) is 5.88 Å². The quantitative estimate of drug-likeness (QED) is 0.385. The van der Waals surface area contributed by atoms with E-state index >= 15 is 0 Å². The van der Waals surface area contributed by atoms with Crippen molar-refractivity contribution < 1.29 is 32.5 Å². The van der Waals surface area contributed by atoms with Gasteiger partial charge in [0.05, 0.1) is 5.69 Å². The smallest absolute Gasteiger partial charge is 0.471 e. The lowest BCUT2D eigenvalue weighted by atomic mass is 10.1. The predicted molar refractivity (Wildman–Crippen MR) is 119 cm³/mol. The van der Waals surface area contributed by atoms with Crippen LogP contribution in [0.5, 0.6) is 5.88 Å². The van der Waals surface area contributed by atoms with Gasteiger partial charge in [0.15, 0.2) is 5.76 Å². The second kappa shape index (κ2) is 10.3. The molecule has 0 saturated heterocycles. The first-order valence-corrected chi connectivity index (χ1v) is 11.7. The van der Waals surface area contributed by atoms with Crippen LogP contribution in [0, 0.1) is 5.82 Å². The van der Waals surface area contributed by atoms with Crippen LogP contribution in [0.3, 0.4) is 0 Å². The van der Waals surface area contributed by atoms with Crippen molar-refractivity contribution in [3.63, 3.8) is 0 Å². The minimum absolute atomic E-state index is 0.277. The number of ether oxygens (including phenoxy) is 1. The molecule has 1 atom stereocenters. The molecule has 2 aromatic heterocycles. The van der Waals surface area contributed by atoms with E-state index in [2.05, 4.69) is 14.7 Å². The molecular formula is C22H22FN4O6P. The maximum atomic E-state index is 13.0. The fraction of sp³-hybridized carbons (Fsp3) is 0.182. The first-order valence-electron chi connectivity index (χ1n) is 10.1.